The van der Waals surface area contributed by atoms with Crippen molar-refractivity contribution in [3.8, 4) is 11.5 Å². The van der Waals surface area contributed by atoms with Gasteiger partial charge in [0.2, 0.25) is 5.91 Å². The number of ether oxygens (including phenoxy) is 3. The summed E-state index contributed by atoms with van der Waals surface area (Å²) in [7, 11) is 3.22. The zero-order chi connectivity index (χ0) is 26.5. The van der Waals surface area contributed by atoms with Crippen molar-refractivity contribution in [1.82, 2.24) is 9.80 Å². The van der Waals surface area contributed by atoms with E-state index < -0.39 is 0 Å². The number of carbonyl (C=O) groups excluding carboxylic acids is 2. The molecule has 0 fully saturated rings. The van der Waals surface area contributed by atoms with Gasteiger partial charge in [-0.05, 0) is 61.0 Å². The Hall–Kier alpha value is -3.36. The Kier molecular flexibility index (Phi) is 11.5. The summed E-state index contributed by atoms with van der Waals surface area (Å²) in [5, 5.41) is 2.01. The molecule has 0 saturated carbocycles. The summed E-state index contributed by atoms with van der Waals surface area (Å²) < 4.78 is 16.2. The Morgan fingerprint density at radius 2 is 1.68 bits per heavy atom. The van der Waals surface area contributed by atoms with Gasteiger partial charge in [-0.3, -0.25) is 9.59 Å². The molecule has 3 aromatic rings. The molecule has 2 aromatic carbocycles. The number of nitrogens with zero attached hydrogens (tertiary/aromatic N) is 2. The first-order valence-corrected chi connectivity index (χ1v) is 13.4. The molecule has 0 aliphatic rings. The number of hydrogen-bond donors (Lipinski definition) is 0. The number of rotatable bonds is 15. The number of hydrogen-bond acceptors (Lipinski definition) is 6. The van der Waals surface area contributed by atoms with Crippen LogP contribution in [0.3, 0.4) is 0 Å². The van der Waals surface area contributed by atoms with Crippen LogP contribution in [-0.2, 0) is 22.5 Å². The first-order chi connectivity index (χ1) is 18.0. The van der Waals surface area contributed by atoms with Gasteiger partial charge in [0.15, 0.2) is 11.5 Å². The van der Waals surface area contributed by atoms with E-state index in [1.807, 2.05) is 65.7 Å². The lowest BCUT2D eigenvalue weighted by Gasteiger charge is -2.28. The maximum Gasteiger partial charge on any atom is 0.254 e. The highest BCUT2D eigenvalue weighted by atomic mass is 32.1. The molecule has 0 atom stereocenters. The van der Waals surface area contributed by atoms with E-state index in [-0.39, 0.29) is 18.4 Å². The topological polar surface area (TPSA) is 68.3 Å². The van der Waals surface area contributed by atoms with Crippen LogP contribution >= 0.6 is 11.3 Å². The standard InChI is InChI=1S/C29H36N2O5S/c1-4-36-18-9-16-31(29(33)24-10-6-5-7-11-24)22-28(32)30(21-25-12-8-19-37-25)17-15-23-13-14-26(34-2)27(20-23)35-3/h5-8,10-14,19-20H,4,9,15-18,21-22H2,1-3H3. The monoisotopic (exact) mass is 524 g/mol. The van der Waals surface area contributed by atoms with Crippen molar-refractivity contribution in [2.24, 2.45) is 0 Å². The van der Waals surface area contributed by atoms with Gasteiger partial charge in [0.05, 0.1) is 20.8 Å². The largest absolute Gasteiger partial charge is 0.493 e. The Bertz CT molecular complexity index is 1100. The summed E-state index contributed by atoms with van der Waals surface area (Å²) in [6, 6.07) is 18.9. The predicted octanol–water partition coefficient (Wildman–Crippen LogP) is 4.91. The van der Waals surface area contributed by atoms with Gasteiger partial charge in [-0.2, -0.15) is 0 Å². The zero-order valence-corrected chi connectivity index (χ0v) is 22.7. The molecule has 2 amide bonds. The molecule has 0 aliphatic heterocycles. The lowest BCUT2D eigenvalue weighted by Crippen LogP contribution is -2.44. The summed E-state index contributed by atoms with van der Waals surface area (Å²) in [6.07, 6.45) is 1.31. The van der Waals surface area contributed by atoms with Gasteiger partial charge in [0.25, 0.3) is 5.91 Å². The van der Waals surface area contributed by atoms with Crippen molar-refractivity contribution in [3.63, 3.8) is 0 Å². The average molecular weight is 525 g/mol. The van der Waals surface area contributed by atoms with Crippen molar-refractivity contribution < 1.29 is 23.8 Å². The molecule has 0 radical (unpaired) electrons. The number of thiophene rings is 1. The van der Waals surface area contributed by atoms with Crippen LogP contribution in [0.1, 0.15) is 34.1 Å². The van der Waals surface area contributed by atoms with E-state index in [9.17, 15) is 9.59 Å². The van der Waals surface area contributed by atoms with Crippen molar-refractivity contribution in [3.05, 3.63) is 82.0 Å². The molecular weight excluding hydrogens is 488 g/mol. The van der Waals surface area contributed by atoms with Gasteiger partial charge >= 0.3 is 0 Å². The molecule has 7 nitrogen and oxygen atoms in total. The molecule has 1 aromatic heterocycles. The van der Waals surface area contributed by atoms with E-state index in [2.05, 4.69) is 0 Å². The quantitative estimate of drug-likeness (QED) is 0.265. The number of benzene rings is 2. The summed E-state index contributed by atoms with van der Waals surface area (Å²) in [6.45, 7) is 4.57. The second-order valence-corrected chi connectivity index (χ2v) is 9.51. The molecule has 0 unspecified atom stereocenters. The van der Waals surface area contributed by atoms with Crippen LogP contribution in [0.4, 0.5) is 0 Å². The fourth-order valence-corrected chi connectivity index (χ4v) is 4.68. The highest BCUT2D eigenvalue weighted by molar-refractivity contribution is 7.09. The summed E-state index contributed by atoms with van der Waals surface area (Å²) in [5.41, 5.74) is 1.61. The molecule has 0 aliphatic carbocycles. The third-order valence-electron chi connectivity index (χ3n) is 5.95. The minimum absolute atomic E-state index is 0.0111. The molecule has 8 heteroatoms. The zero-order valence-electron chi connectivity index (χ0n) is 21.9. The van der Waals surface area contributed by atoms with Crippen LogP contribution in [-0.4, -0.2) is 68.7 Å². The second-order valence-electron chi connectivity index (χ2n) is 8.48. The predicted molar refractivity (Wildman–Crippen MR) is 146 cm³/mol. The van der Waals surface area contributed by atoms with Crippen LogP contribution in [0.2, 0.25) is 0 Å². The van der Waals surface area contributed by atoms with Gasteiger partial charge in [-0.1, -0.05) is 30.3 Å². The average Bonchev–Trinajstić information content (AvgIpc) is 3.45. The van der Waals surface area contributed by atoms with E-state index in [4.69, 9.17) is 14.2 Å². The Morgan fingerprint density at radius 3 is 2.35 bits per heavy atom. The first-order valence-electron chi connectivity index (χ1n) is 12.5. The SMILES string of the molecule is CCOCCCN(CC(=O)N(CCc1ccc(OC)c(OC)c1)Cc1cccs1)C(=O)c1ccccc1. The lowest BCUT2D eigenvalue weighted by molar-refractivity contribution is -0.132. The van der Waals surface area contributed by atoms with E-state index >= 15 is 0 Å². The van der Waals surface area contributed by atoms with Crippen molar-refractivity contribution in [1.29, 1.82) is 0 Å². The van der Waals surface area contributed by atoms with Crippen molar-refractivity contribution >= 4 is 23.2 Å². The van der Waals surface area contributed by atoms with E-state index in [1.54, 1.807) is 42.6 Å². The third-order valence-corrected chi connectivity index (χ3v) is 6.81. The minimum atomic E-state index is -0.151. The van der Waals surface area contributed by atoms with E-state index in [0.29, 0.717) is 62.8 Å². The molecule has 3 rings (SSSR count). The smallest absolute Gasteiger partial charge is 0.254 e. The summed E-state index contributed by atoms with van der Waals surface area (Å²) >= 11 is 1.62. The Morgan fingerprint density at radius 1 is 0.892 bits per heavy atom. The van der Waals surface area contributed by atoms with Crippen LogP contribution in [0.5, 0.6) is 11.5 Å². The van der Waals surface area contributed by atoms with Gasteiger partial charge in [0.1, 0.15) is 6.54 Å². The van der Waals surface area contributed by atoms with Crippen LogP contribution < -0.4 is 9.47 Å². The van der Waals surface area contributed by atoms with Crippen LogP contribution in [0.15, 0.2) is 66.0 Å². The minimum Gasteiger partial charge on any atom is -0.493 e. The number of methoxy groups -OCH3 is 2. The Labute approximate surface area is 223 Å². The molecule has 37 heavy (non-hydrogen) atoms. The maximum absolute atomic E-state index is 13.6. The normalized spacial score (nSPS) is 10.7. The molecular formula is C29H36N2O5S. The Balaban J connectivity index is 1.75. The maximum atomic E-state index is 13.6. The molecule has 198 valence electrons. The highest BCUT2D eigenvalue weighted by Crippen LogP contribution is 2.28. The third kappa shape index (κ3) is 8.61. The lowest BCUT2D eigenvalue weighted by atomic mass is 10.1. The van der Waals surface area contributed by atoms with Gasteiger partial charge < -0.3 is 24.0 Å². The van der Waals surface area contributed by atoms with Crippen LogP contribution in [0, 0.1) is 0 Å². The van der Waals surface area contributed by atoms with Crippen molar-refractivity contribution in [2.75, 3.05) is 47.1 Å². The van der Waals surface area contributed by atoms with E-state index in [0.717, 1.165) is 10.4 Å². The molecule has 0 spiro atoms. The van der Waals surface area contributed by atoms with Gasteiger partial charge in [-0.25, -0.2) is 0 Å². The van der Waals surface area contributed by atoms with Crippen LogP contribution in [0.25, 0.3) is 0 Å². The highest BCUT2D eigenvalue weighted by Gasteiger charge is 2.23. The first kappa shape index (κ1) is 28.2. The molecule has 0 bridgehead atoms. The summed E-state index contributed by atoms with van der Waals surface area (Å²) in [4.78, 5) is 31.5. The number of carbonyl (C=O) groups is 2. The summed E-state index contributed by atoms with van der Waals surface area (Å²) in [5.74, 6) is 1.08. The molecule has 1 heterocycles. The van der Waals surface area contributed by atoms with Gasteiger partial charge in [-0.15, -0.1) is 11.3 Å². The van der Waals surface area contributed by atoms with E-state index in [1.165, 1.54) is 0 Å². The number of amides is 2. The fourth-order valence-electron chi connectivity index (χ4n) is 3.96. The second kappa shape index (κ2) is 15.0. The fraction of sp³-hybridized carbons (Fsp3) is 0.379. The van der Waals surface area contributed by atoms with Gasteiger partial charge in [0, 0.05) is 36.7 Å². The molecule has 0 N–H and O–H groups in total. The molecule has 0 saturated heterocycles. The van der Waals surface area contributed by atoms with Crippen molar-refractivity contribution in [2.45, 2.75) is 26.3 Å².